The molecule has 2 saturated carbocycles. The molecule has 3 aliphatic rings. The summed E-state index contributed by atoms with van der Waals surface area (Å²) >= 11 is 3.53. The van der Waals surface area contributed by atoms with Crippen LogP contribution in [0.15, 0.2) is 0 Å². The van der Waals surface area contributed by atoms with Gasteiger partial charge in [0.25, 0.3) is 0 Å². The van der Waals surface area contributed by atoms with E-state index in [9.17, 15) is 9.59 Å². The summed E-state index contributed by atoms with van der Waals surface area (Å²) in [7, 11) is 1.37. The lowest BCUT2D eigenvalue weighted by Crippen LogP contribution is -2.38. The maximum absolute atomic E-state index is 11.6. The summed E-state index contributed by atoms with van der Waals surface area (Å²) in [6, 6.07) is 0. The molecule has 15 heavy (non-hydrogen) atoms. The molecule has 3 fully saturated rings. The highest BCUT2D eigenvalue weighted by atomic mass is 79.9. The lowest BCUT2D eigenvalue weighted by atomic mass is 9.80. The molecule has 5 heteroatoms. The minimum absolute atomic E-state index is 0.0200. The number of carbonyl (C=O) groups excluding carboxylic acids is 2. The van der Waals surface area contributed by atoms with E-state index in [1.807, 2.05) is 0 Å². The number of esters is 2. The number of alkyl halides is 1. The van der Waals surface area contributed by atoms with Crippen molar-refractivity contribution in [3.63, 3.8) is 0 Å². The van der Waals surface area contributed by atoms with E-state index in [0.717, 1.165) is 6.42 Å². The maximum Gasteiger partial charge on any atom is 0.310 e. The van der Waals surface area contributed by atoms with Crippen LogP contribution in [-0.4, -0.2) is 30.0 Å². The predicted octanol–water partition coefficient (Wildman–Crippen LogP) is 0.730. The quantitative estimate of drug-likeness (QED) is 0.523. The van der Waals surface area contributed by atoms with Crippen molar-refractivity contribution in [2.24, 2.45) is 23.7 Å². The molecule has 1 aliphatic heterocycles. The van der Waals surface area contributed by atoms with E-state index >= 15 is 0 Å². The number of rotatable bonds is 1. The lowest BCUT2D eigenvalue weighted by molar-refractivity contribution is -0.153. The van der Waals surface area contributed by atoms with Crippen LogP contribution in [0.3, 0.4) is 0 Å². The zero-order chi connectivity index (χ0) is 10.7. The van der Waals surface area contributed by atoms with Crippen molar-refractivity contribution in [2.45, 2.75) is 17.4 Å². The maximum atomic E-state index is 11.6. The fourth-order valence-electron chi connectivity index (χ4n) is 3.43. The molecule has 82 valence electrons. The lowest BCUT2D eigenvalue weighted by Gasteiger charge is -2.26. The SMILES string of the molecule is COC(=O)[C@@H]1[C@@H]2C[C@H]3[C@H](OC(=O)[C@@H]31)[C@@H]2Br. The highest BCUT2D eigenvalue weighted by Gasteiger charge is 2.68. The Morgan fingerprint density at radius 3 is 2.93 bits per heavy atom. The average molecular weight is 275 g/mol. The summed E-state index contributed by atoms with van der Waals surface area (Å²) in [6.07, 6.45) is 0.880. The molecule has 6 atom stereocenters. The van der Waals surface area contributed by atoms with Crippen molar-refractivity contribution >= 4 is 27.9 Å². The van der Waals surface area contributed by atoms with E-state index in [0.29, 0.717) is 0 Å². The second-order valence-corrected chi connectivity index (χ2v) is 5.54. The Morgan fingerprint density at radius 1 is 1.53 bits per heavy atom. The second-order valence-electron chi connectivity index (χ2n) is 4.48. The molecule has 4 nitrogen and oxygen atoms in total. The molecule has 1 saturated heterocycles. The standard InChI is InChI=1S/C10H11BrO4/c1-14-9(12)5-3-2-4-6(5)10(13)15-8(4)7(3)11/h3-8H,2H2,1H3/t3-,4+,5+,6-,7+,8-/m0/s1. The van der Waals surface area contributed by atoms with Gasteiger partial charge >= 0.3 is 11.9 Å². The number of ether oxygens (including phenoxy) is 2. The van der Waals surface area contributed by atoms with E-state index in [1.165, 1.54) is 7.11 Å². The van der Waals surface area contributed by atoms with Crippen molar-refractivity contribution in [1.29, 1.82) is 0 Å². The van der Waals surface area contributed by atoms with Gasteiger partial charge in [-0.3, -0.25) is 9.59 Å². The second kappa shape index (κ2) is 2.97. The zero-order valence-electron chi connectivity index (χ0n) is 8.18. The minimum atomic E-state index is -0.296. The van der Waals surface area contributed by atoms with Crippen molar-refractivity contribution in [1.82, 2.24) is 0 Å². The summed E-state index contributed by atoms with van der Waals surface area (Å²) in [5.74, 6) is -0.615. The topological polar surface area (TPSA) is 52.6 Å². The van der Waals surface area contributed by atoms with Gasteiger partial charge in [-0.05, 0) is 12.3 Å². The van der Waals surface area contributed by atoms with Gasteiger partial charge in [-0.15, -0.1) is 0 Å². The Labute approximate surface area is 95.4 Å². The Balaban J connectivity index is 1.98. The summed E-state index contributed by atoms with van der Waals surface area (Å²) in [5, 5.41) is 0. The Kier molecular flexibility index (Phi) is 1.90. The van der Waals surface area contributed by atoms with Gasteiger partial charge in [0.15, 0.2) is 0 Å². The number of hydrogen-bond acceptors (Lipinski definition) is 4. The first kappa shape index (κ1) is 9.63. The van der Waals surface area contributed by atoms with E-state index in [2.05, 4.69) is 15.9 Å². The summed E-state index contributed by atoms with van der Waals surface area (Å²) in [6.45, 7) is 0. The first-order chi connectivity index (χ1) is 7.15. The number of halogens is 1. The van der Waals surface area contributed by atoms with E-state index < -0.39 is 0 Å². The van der Waals surface area contributed by atoms with Gasteiger partial charge in [-0.1, -0.05) is 15.9 Å². The Hall–Kier alpha value is -0.580. The van der Waals surface area contributed by atoms with Crippen LogP contribution in [-0.2, 0) is 19.1 Å². The van der Waals surface area contributed by atoms with Gasteiger partial charge in [-0.2, -0.15) is 0 Å². The fourth-order valence-corrected chi connectivity index (χ4v) is 4.48. The molecule has 0 N–H and O–H groups in total. The molecule has 1 heterocycles. The summed E-state index contributed by atoms with van der Waals surface area (Å²) in [5.41, 5.74) is 0. The van der Waals surface area contributed by atoms with Crippen LogP contribution in [0.4, 0.5) is 0 Å². The molecule has 0 aromatic carbocycles. The smallest absolute Gasteiger partial charge is 0.310 e. The third-order valence-electron chi connectivity index (χ3n) is 4.00. The highest BCUT2D eigenvalue weighted by molar-refractivity contribution is 9.09. The van der Waals surface area contributed by atoms with E-state index in [4.69, 9.17) is 9.47 Å². The third kappa shape index (κ3) is 1.02. The molecule has 0 amide bonds. The average Bonchev–Trinajstić information content (AvgIpc) is 2.80. The summed E-state index contributed by atoms with van der Waals surface area (Å²) in [4.78, 5) is 23.4. The molecule has 0 aromatic heterocycles. The first-order valence-corrected chi connectivity index (χ1v) is 5.99. The molecule has 0 radical (unpaired) electrons. The fraction of sp³-hybridized carbons (Fsp3) is 0.800. The van der Waals surface area contributed by atoms with Crippen LogP contribution < -0.4 is 0 Å². The van der Waals surface area contributed by atoms with Crippen molar-refractivity contribution < 1.29 is 19.1 Å². The largest absolute Gasteiger partial charge is 0.469 e. The van der Waals surface area contributed by atoms with Gasteiger partial charge in [0.05, 0.1) is 23.8 Å². The van der Waals surface area contributed by atoms with Crippen LogP contribution in [0.25, 0.3) is 0 Å². The minimum Gasteiger partial charge on any atom is -0.469 e. The molecule has 0 unspecified atom stereocenters. The number of hydrogen-bond donors (Lipinski definition) is 0. The monoisotopic (exact) mass is 274 g/mol. The van der Waals surface area contributed by atoms with Gasteiger partial charge in [-0.25, -0.2) is 0 Å². The molecule has 3 rings (SSSR count). The van der Waals surface area contributed by atoms with Crippen molar-refractivity contribution in [3.05, 3.63) is 0 Å². The van der Waals surface area contributed by atoms with Gasteiger partial charge in [0.1, 0.15) is 6.10 Å². The normalized spacial score (nSPS) is 50.7. The van der Waals surface area contributed by atoms with Crippen LogP contribution in [0.1, 0.15) is 6.42 Å². The van der Waals surface area contributed by atoms with Crippen LogP contribution in [0.5, 0.6) is 0 Å². The number of carbonyl (C=O) groups is 2. The molecule has 2 bridgehead atoms. The van der Waals surface area contributed by atoms with Crippen LogP contribution in [0, 0.1) is 23.7 Å². The van der Waals surface area contributed by atoms with Gasteiger partial charge < -0.3 is 9.47 Å². The van der Waals surface area contributed by atoms with E-state index in [-0.39, 0.29) is 46.5 Å². The molecule has 0 spiro atoms. The van der Waals surface area contributed by atoms with Crippen LogP contribution >= 0.6 is 15.9 Å². The third-order valence-corrected chi connectivity index (χ3v) is 5.20. The first-order valence-electron chi connectivity index (χ1n) is 5.07. The molecule has 0 aromatic rings. The van der Waals surface area contributed by atoms with Crippen LogP contribution in [0.2, 0.25) is 0 Å². The highest BCUT2D eigenvalue weighted by Crippen LogP contribution is 2.60. The van der Waals surface area contributed by atoms with E-state index in [1.54, 1.807) is 0 Å². The molecular formula is C10H11BrO4. The Bertz CT molecular complexity index is 342. The molecule has 2 aliphatic carbocycles. The predicted molar refractivity (Wildman–Crippen MR) is 53.2 cm³/mol. The summed E-state index contributed by atoms with van der Waals surface area (Å²) < 4.78 is 10.0. The zero-order valence-corrected chi connectivity index (χ0v) is 9.77. The van der Waals surface area contributed by atoms with Crippen molar-refractivity contribution in [3.8, 4) is 0 Å². The van der Waals surface area contributed by atoms with Crippen molar-refractivity contribution in [2.75, 3.05) is 7.11 Å². The Morgan fingerprint density at radius 2 is 2.27 bits per heavy atom. The number of methoxy groups -OCH3 is 1. The number of fused-ring (bicyclic) bond motifs is 1. The van der Waals surface area contributed by atoms with Gasteiger partial charge in [0.2, 0.25) is 0 Å². The molecular weight excluding hydrogens is 264 g/mol. The van der Waals surface area contributed by atoms with Gasteiger partial charge in [0, 0.05) is 5.92 Å².